The van der Waals surface area contributed by atoms with Gasteiger partial charge in [0.25, 0.3) is 0 Å². The summed E-state index contributed by atoms with van der Waals surface area (Å²) in [6, 6.07) is 8.64. The number of carbonyl (C=O) groups excluding carboxylic acids is 1. The lowest BCUT2D eigenvalue weighted by molar-refractivity contribution is -0.123. The zero-order valence-electron chi connectivity index (χ0n) is 25.5. The van der Waals surface area contributed by atoms with Gasteiger partial charge in [0.15, 0.2) is 0 Å². The molecule has 2 aromatic rings. The summed E-state index contributed by atoms with van der Waals surface area (Å²) < 4.78 is 0. The molecule has 0 radical (unpaired) electrons. The second-order valence-corrected chi connectivity index (χ2v) is 11.6. The van der Waals surface area contributed by atoms with Crippen LogP contribution in [-0.4, -0.2) is 16.2 Å². The summed E-state index contributed by atoms with van der Waals surface area (Å²) in [5.41, 5.74) is 9.84. The second kappa shape index (κ2) is 16.6. The minimum absolute atomic E-state index is 0. The van der Waals surface area contributed by atoms with E-state index in [9.17, 15) is 4.79 Å². The van der Waals surface area contributed by atoms with E-state index >= 15 is 0 Å². The van der Waals surface area contributed by atoms with Gasteiger partial charge < -0.3 is 5.48 Å². The van der Waals surface area contributed by atoms with E-state index in [2.05, 4.69) is 69.1 Å². The van der Waals surface area contributed by atoms with Crippen molar-refractivity contribution in [1.29, 1.82) is 0 Å². The van der Waals surface area contributed by atoms with Crippen molar-refractivity contribution in [1.82, 2.24) is 4.98 Å². The summed E-state index contributed by atoms with van der Waals surface area (Å²) in [6.45, 7) is 12.6. The van der Waals surface area contributed by atoms with Gasteiger partial charge in [-0.1, -0.05) is 81.4 Å². The van der Waals surface area contributed by atoms with Gasteiger partial charge in [0.05, 0.1) is 0 Å². The Bertz CT molecular complexity index is 1070. The molecule has 2 fully saturated rings. The standard InChI is InChI=1S/C24H31NO.C10H14.C2H6.H2O/c26-24(9-6-18-4-2-1-3-5-18)22-8-7-21-15-20(16-23(21)17-22)14-19-10-12-25-13-11-19;1-7-5-8(2)10(4)9(3)6-7;1-2;/h10-13,15-16,18,21-22H,1-9,14,17H2;5-6H,1-4H3;1-2H3;1H2. The van der Waals surface area contributed by atoms with E-state index in [0.717, 1.165) is 44.4 Å². The highest BCUT2D eigenvalue weighted by molar-refractivity contribution is 5.81. The first-order valence-electron chi connectivity index (χ1n) is 15.3. The van der Waals surface area contributed by atoms with Gasteiger partial charge in [0, 0.05) is 24.7 Å². The summed E-state index contributed by atoms with van der Waals surface area (Å²) in [4.78, 5) is 16.9. The topological polar surface area (TPSA) is 61.5 Å². The van der Waals surface area contributed by atoms with Gasteiger partial charge in [0.1, 0.15) is 5.78 Å². The van der Waals surface area contributed by atoms with E-state index in [0.29, 0.717) is 11.7 Å². The highest BCUT2D eigenvalue weighted by atomic mass is 16.1. The number of Topliss-reactive ketones (excluding diaryl/α,β-unsaturated/α-hetero) is 1. The Hall–Kier alpha value is -2.52. The fourth-order valence-corrected chi connectivity index (χ4v) is 6.40. The Morgan fingerprint density at radius 1 is 0.897 bits per heavy atom. The molecule has 2 N–H and O–H groups in total. The van der Waals surface area contributed by atoms with E-state index in [1.54, 1.807) is 0 Å². The molecule has 0 saturated heterocycles. The molecular weight excluding hydrogens is 478 g/mol. The number of fused-ring (bicyclic) bond motifs is 1. The number of hydrogen-bond donors (Lipinski definition) is 0. The SMILES string of the molecule is CC.Cc1cc(C)c(C)c(C)c1.O.O=C(CCC1CCCCC1)C1CCC2C=C(Cc3ccncc3)C=C2C1. The van der Waals surface area contributed by atoms with Crippen LogP contribution in [0.2, 0.25) is 0 Å². The van der Waals surface area contributed by atoms with Gasteiger partial charge in [-0.05, 0) is 112 Å². The Morgan fingerprint density at radius 3 is 2.18 bits per heavy atom. The summed E-state index contributed by atoms with van der Waals surface area (Å²) in [5.74, 6) is 2.24. The van der Waals surface area contributed by atoms with Gasteiger partial charge in [-0.25, -0.2) is 0 Å². The fourth-order valence-electron chi connectivity index (χ4n) is 6.40. The van der Waals surface area contributed by atoms with Gasteiger partial charge in [-0.3, -0.25) is 9.78 Å². The van der Waals surface area contributed by atoms with Crippen LogP contribution >= 0.6 is 0 Å². The molecule has 214 valence electrons. The van der Waals surface area contributed by atoms with Crippen LogP contribution in [0.3, 0.4) is 0 Å². The maximum Gasteiger partial charge on any atom is 0.136 e. The Balaban J connectivity index is 0.000000347. The molecule has 2 unspecified atom stereocenters. The highest BCUT2D eigenvalue weighted by Crippen LogP contribution is 2.41. The number of aryl methyl sites for hydroxylation is 3. The molecule has 1 heterocycles. The third-order valence-corrected chi connectivity index (χ3v) is 8.78. The lowest BCUT2D eigenvalue weighted by atomic mass is 9.76. The van der Waals surface area contributed by atoms with Crippen LogP contribution < -0.4 is 0 Å². The van der Waals surface area contributed by atoms with Crippen molar-refractivity contribution in [3.8, 4) is 0 Å². The Kier molecular flexibility index (Phi) is 13.9. The van der Waals surface area contributed by atoms with Crippen LogP contribution in [0.1, 0.15) is 106 Å². The molecule has 0 spiro atoms. The van der Waals surface area contributed by atoms with E-state index < -0.39 is 0 Å². The van der Waals surface area contributed by atoms with Gasteiger partial charge in [-0.2, -0.15) is 0 Å². The van der Waals surface area contributed by atoms with Crippen LogP contribution in [0, 0.1) is 45.4 Å². The molecule has 0 bridgehead atoms. The van der Waals surface area contributed by atoms with Gasteiger partial charge >= 0.3 is 0 Å². The lowest BCUT2D eigenvalue weighted by Gasteiger charge is -2.28. The largest absolute Gasteiger partial charge is 0.412 e. The molecule has 3 aliphatic carbocycles. The number of hydrogen-bond acceptors (Lipinski definition) is 2. The molecule has 2 saturated carbocycles. The van der Waals surface area contributed by atoms with Crippen molar-refractivity contribution in [2.45, 2.75) is 112 Å². The number of carbonyl (C=O) groups is 1. The number of allylic oxidation sites excluding steroid dienone is 4. The third-order valence-electron chi connectivity index (χ3n) is 8.78. The predicted molar refractivity (Wildman–Crippen MR) is 166 cm³/mol. The Morgan fingerprint density at radius 2 is 1.54 bits per heavy atom. The normalized spacial score (nSPS) is 20.2. The fraction of sp³-hybridized carbons (Fsp3) is 0.556. The lowest BCUT2D eigenvalue weighted by Crippen LogP contribution is -2.23. The molecule has 1 aromatic carbocycles. The van der Waals surface area contributed by atoms with Crippen molar-refractivity contribution >= 4 is 5.78 Å². The molecule has 5 rings (SSSR count). The summed E-state index contributed by atoms with van der Waals surface area (Å²) >= 11 is 0. The minimum Gasteiger partial charge on any atom is -0.412 e. The number of pyridine rings is 1. The average Bonchev–Trinajstić information content (AvgIpc) is 3.34. The van der Waals surface area contributed by atoms with E-state index in [-0.39, 0.29) is 11.4 Å². The number of ketones is 1. The van der Waals surface area contributed by atoms with Crippen molar-refractivity contribution in [2.75, 3.05) is 0 Å². The van der Waals surface area contributed by atoms with Crippen LogP contribution in [0.4, 0.5) is 0 Å². The van der Waals surface area contributed by atoms with Gasteiger partial charge in [0.2, 0.25) is 0 Å². The number of aromatic nitrogens is 1. The zero-order chi connectivity index (χ0) is 27.5. The first-order chi connectivity index (χ1) is 18.4. The van der Waals surface area contributed by atoms with Crippen LogP contribution in [0.15, 0.2) is 60.0 Å². The number of benzene rings is 1. The Labute approximate surface area is 238 Å². The van der Waals surface area contributed by atoms with Gasteiger partial charge in [-0.15, -0.1) is 0 Å². The van der Waals surface area contributed by atoms with Crippen molar-refractivity contribution < 1.29 is 10.3 Å². The second-order valence-electron chi connectivity index (χ2n) is 11.6. The molecule has 3 aliphatic rings. The predicted octanol–water partition coefficient (Wildman–Crippen LogP) is 8.96. The summed E-state index contributed by atoms with van der Waals surface area (Å²) in [7, 11) is 0. The minimum atomic E-state index is 0. The summed E-state index contributed by atoms with van der Waals surface area (Å²) in [6.07, 6.45) is 21.6. The quantitative estimate of drug-likeness (QED) is 0.373. The molecule has 3 nitrogen and oxygen atoms in total. The maximum absolute atomic E-state index is 12.8. The maximum atomic E-state index is 12.8. The van der Waals surface area contributed by atoms with E-state index in [1.807, 2.05) is 26.2 Å². The van der Waals surface area contributed by atoms with Crippen molar-refractivity contribution in [3.63, 3.8) is 0 Å². The monoisotopic (exact) mass is 531 g/mol. The zero-order valence-corrected chi connectivity index (χ0v) is 25.5. The number of rotatable bonds is 6. The summed E-state index contributed by atoms with van der Waals surface area (Å²) in [5, 5.41) is 0. The van der Waals surface area contributed by atoms with Crippen LogP contribution in [0.25, 0.3) is 0 Å². The molecule has 2 atom stereocenters. The first-order valence-corrected chi connectivity index (χ1v) is 15.3. The molecule has 1 aromatic heterocycles. The smallest absolute Gasteiger partial charge is 0.136 e. The van der Waals surface area contributed by atoms with E-state index in [4.69, 9.17) is 0 Å². The molecule has 3 heteroatoms. The van der Waals surface area contributed by atoms with E-state index in [1.165, 1.54) is 71.1 Å². The van der Waals surface area contributed by atoms with Crippen LogP contribution in [0.5, 0.6) is 0 Å². The third kappa shape index (κ3) is 9.87. The number of nitrogens with zero attached hydrogens (tertiary/aromatic N) is 1. The molecule has 39 heavy (non-hydrogen) atoms. The molecule has 0 amide bonds. The molecule has 0 aliphatic heterocycles. The average molecular weight is 532 g/mol. The van der Waals surface area contributed by atoms with Crippen molar-refractivity contribution in [2.24, 2.45) is 17.8 Å². The van der Waals surface area contributed by atoms with Crippen molar-refractivity contribution in [3.05, 3.63) is 87.8 Å². The van der Waals surface area contributed by atoms with Crippen LogP contribution in [-0.2, 0) is 11.2 Å². The first kappa shape index (κ1) is 32.7. The highest BCUT2D eigenvalue weighted by Gasteiger charge is 2.31. The molecular formula is C36H53NO2.